The van der Waals surface area contributed by atoms with Crippen molar-refractivity contribution in [3.05, 3.63) is 36.2 Å². The predicted octanol–water partition coefficient (Wildman–Crippen LogP) is 1.09. The van der Waals surface area contributed by atoms with Crippen molar-refractivity contribution in [1.82, 2.24) is 20.1 Å². The van der Waals surface area contributed by atoms with Gasteiger partial charge in [0.1, 0.15) is 5.82 Å². The molecule has 104 valence electrons. The number of hydrogen-bond acceptors (Lipinski definition) is 4. The summed E-state index contributed by atoms with van der Waals surface area (Å²) in [6, 6.07) is 9.93. The number of hydrogen-bond donors (Lipinski definition) is 2. The molecule has 0 bridgehead atoms. The van der Waals surface area contributed by atoms with Crippen LogP contribution in [0.4, 0.5) is 0 Å². The Balaban J connectivity index is 1.81. The van der Waals surface area contributed by atoms with E-state index in [1.807, 2.05) is 30.3 Å². The number of likely N-dealkylation sites (tertiary alicyclic amines) is 1. The second kappa shape index (κ2) is 5.42. The smallest absolute Gasteiger partial charge is 0.231 e. The van der Waals surface area contributed by atoms with E-state index in [1.54, 1.807) is 0 Å². The molecule has 2 heterocycles. The van der Waals surface area contributed by atoms with Gasteiger partial charge in [0.25, 0.3) is 0 Å². The Hall–Kier alpha value is -2.21. The molecule has 0 radical (unpaired) electrons. The van der Waals surface area contributed by atoms with E-state index in [0.29, 0.717) is 5.82 Å². The van der Waals surface area contributed by atoms with Crippen molar-refractivity contribution in [2.75, 3.05) is 13.1 Å². The number of primary amides is 1. The highest BCUT2D eigenvalue weighted by molar-refractivity contribution is 5.76. The van der Waals surface area contributed by atoms with E-state index >= 15 is 0 Å². The number of H-pyrrole nitrogens is 1. The lowest BCUT2D eigenvalue weighted by Crippen LogP contribution is -2.33. The van der Waals surface area contributed by atoms with Crippen LogP contribution in [0.5, 0.6) is 0 Å². The molecule has 3 rings (SSSR count). The predicted molar refractivity (Wildman–Crippen MR) is 74.6 cm³/mol. The summed E-state index contributed by atoms with van der Waals surface area (Å²) in [5, 5.41) is 7.26. The average Bonchev–Trinajstić information content (AvgIpc) is 3.07. The number of rotatable bonds is 4. The molecule has 0 saturated carbocycles. The van der Waals surface area contributed by atoms with Crippen LogP contribution in [-0.4, -0.2) is 39.1 Å². The molecular weight excluding hydrogens is 254 g/mol. The van der Waals surface area contributed by atoms with Gasteiger partial charge in [-0.25, -0.2) is 4.98 Å². The fraction of sp³-hybridized carbons (Fsp3) is 0.357. The minimum Gasteiger partial charge on any atom is -0.369 e. The third kappa shape index (κ3) is 2.55. The molecule has 20 heavy (non-hydrogen) atoms. The van der Waals surface area contributed by atoms with Gasteiger partial charge >= 0.3 is 0 Å². The normalized spacial score (nSPS) is 19.3. The highest BCUT2D eigenvalue weighted by Gasteiger charge is 2.29. The molecule has 1 fully saturated rings. The number of carbonyl (C=O) groups is 1. The molecule has 1 aliphatic rings. The van der Waals surface area contributed by atoms with Crippen LogP contribution in [-0.2, 0) is 4.79 Å². The van der Waals surface area contributed by atoms with Crippen LogP contribution in [0.2, 0.25) is 0 Å². The minimum atomic E-state index is -0.306. The van der Waals surface area contributed by atoms with Gasteiger partial charge in [-0.1, -0.05) is 30.3 Å². The quantitative estimate of drug-likeness (QED) is 0.871. The molecule has 1 aromatic carbocycles. The Morgan fingerprint density at radius 2 is 2.20 bits per heavy atom. The largest absolute Gasteiger partial charge is 0.369 e. The Labute approximate surface area is 117 Å². The summed E-state index contributed by atoms with van der Waals surface area (Å²) in [5.74, 6) is 1.19. The van der Waals surface area contributed by atoms with Crippen molar-refractivity contribution >= 4 is 5.91 Å². The molecule has 2 aromatic rings. The molecule has 1 aliphatic heterocycles. The van der Waals surface area contributed by atoms with Gasteiger partial charge in [-0.05, 0) is 19.4 Å². The highest BCUT2D eigenvalue weighted by Crippen LogP contribution is 2.30. The first-order valence-electron chi connectivity index (χ1n) is 6.74. The van der Waals surface area contributed by atoms with E-state index in [9.17, 15) is 4.79 Å². The van der Waals surface area contributed by atoms with Crippen LogP contribution in [0.1, 0.15) is 24.7 Å². The summed E-state index contributed by atoms with van der Waals surface area (Å²) in [5.41, 5.74) is 6.26. The van der Waals surface area contributed by atoms with Crippen molar-refractivity contribution in [3.8, 4) is 11.4 Å². The maximum atomic E-state index is 11.1. The maximum Gasteiger partial charge on any atom is 0.231 e. The standard InChI is InChI=1S/C14H17N5O/c15-12(20)9-19-8-4-7-11(19)14-16-13(17-18-14)10-5-2-1-3-6-10/h1-3,5-6,11H,4,7-9H2,(H2,15,20)(H,16,17,18)/t11-/m1/s1. The van der Waals surface area contributed by atoms with Crippen molar-refractivity contribution in [3.63, 3.8) is 0 Å². The van der Waals surface area contributed by atoms with Gasteiger partial charge in [0.2, 0.25) is 5.91 Å². The van der Waals surface area contributed by atoms with E-state index in [2.05, 4.69) is 20.1 Å². The number of nitrogens with zero attached hydrogens (tertiary/aromatic N) is 3. The van der Waals surface area contributed by atoms with Crippen molar-refractivity contribution in [2.45, 2.75) is 18.9 Å². The molecule has 1 amide bonds. The molecule has 0 aliphatic carbocycles. The molecule has 0 spiro atoms. The lowest BCUT2D eigenvalue weighted by atomic mass is 10.2. The van der Waals surface area contributed by atoms with Crippen LogP contribution in [0, 0.1) is 0 Å². The van der Waals surface area contributed by atoms with E-state index in [4.69, 9.17) is 5.73 Å². The van der Waals surface area contributed by atoms with Gasteiger partial charge in [0, 0.05) is 5.56 Å². The number of nitrogens with two attached hydrogens (primary N) is 1. The fourth-order valence-electron chi connectivity index (χ4n) is 2.66. The lowest BCUT2D eigenvalue weighted by Gasteiger charge is -2.20. The number of benzene rings is 1. The molecule has 0 unspecified atom stereocenters. The van der Waals surface area contributed by atoms with Crippen LogP contribution >= 0.6 is 0 Å². The highest BCUT2D eigenvalue weighted by atomic mass is 16.1. The zero-order chi connectivity index (χ0) is 13.9. The molecule has 1 aromatic heterocycles. The van der Waals surface area contributed by atoms with Crippen molar-refractivity contribution in [1.29, 1.82) is 0 Å². The van der Waals surface area contributed by atoms with Gasteiger partial charge < -0.3 is 5.73 Å². The van der Waals surface area contributed by atoms with Crippen molar-refractivity contribution in [2.24, 2.45) is 5.73 Å². The number of carbonyl (C=O) groups excluding carboxylic acids is 1. The summed E-state index contributed by atoms with van der Waals surface area (Å²) in [6.07, 6.45) is 2.01. The summed E-state index contributed by atoms with van der Waals surface area (Å²) in [6.45, 7) is 1.14. The zero-order valence-corrected chi connectivity index (χ0v) is 11.1. The second-order valence-corrected chi connectivity index (χ2v) is 5.01. The van der Waals surface area contributed by atoms with Gasteiger partial charge in [0.15, 0.2) is 5.82 Å². The minimum absolute atomic E-state index is 0.104. The first-order valence-corrected chi connectivity index (χ1v) is 6.74. The second-order valence-electron chi connectivity index (χ2n) is 5.01. The van der Waals surface area contributed by atoms with E-state index in [1.165, 1.54) is 0 Å². The van der Waals surface area contributed by atoms with E-state index in [-0.39, 0.29) is 18.5 Å². The maximum absolute atomic E-state index is 11.1. The molecule has 1 saturated heterocycles. The van der Waals surface area contributed by atoms with Gasteiger partial charge in [-0.15, -0.1) is 0 Å². The summed E-state index contributed by atoms with van der Waals surface area (Å²) < 4.78 is 0. The number of amides is 1. The van der Waals surface area contributed by atoms with Crippen LogP contribution in [0.25, 0.3) is 11.4 Å². The fourth-order valence-corrected chi connectivity index (χ4v) is 2.66. The number of aromatic nitrogens is 3. The Kier molecular flexibility index (Phi) is 3.47. The third-order valence-corrected chi connectivity index (χ3v) is 3.57. The molecule has 6 heteroatoms. The molecular formula is C14H17N5O. The monoisotopic (exact) mass is 271 g/mol. The topological polar surface area (TPSA) is 87.9 Å². The Bertz CT molecular complexity index is 595. The lowest BCUT2D eigenvalue weighted by molar-refractivity contribution is -0.119. The molecule has 1 atom stereocenters. The number of nitrogens with one attached hydrogen (secondary N) is 1. The van der Waals surface area contributed by atoms with E-state index in [0.717, 1.165) is 30.8 Å². The molecule has 6 nitrogen and oxygen atoms in total. The number of aromatic amines is 1. The summed E-state index contributed by atoms with van der Waals surface area (Å²) >= 11 is 0. The van der Waals surface area contributed by atoms with E-state index < -0.39 is 0 Å². The average molecular weight is 271 g/mol. The summed E-state index contributed by atoms with van der Waals surface area (Å²) in [7, 11) is 0. The molecule has 3 N–H and O–H groups in total. The Morgan fingerprint density at radius 1 is 1.40 bits per heavy atom. The first kappa shape index (κ1) is 12.8. The van der Waals surface area contributed by atoms with Crippen LogP contribution in [0.15, 0.2) is 30.3 Å². The Morgan fingerprint density at radius 3 is 2.95 bits per heavy atom. The van der Waals surface area contributed by atoms with Gasteiger partial charge in [-0.3, -0.25) is 14.8 Å². The SMILES string of the molecule is NC(=O)CN1CCC[C@@H]1c1nc(-c2ccccc2)n[nH]1. The van der Waals surface area contributed by atoms with Gasteiger partial charge in [0.05, 0.1) is 12.6 Å². The van der Waals surface area contributed by atoms with Crippen LogP contribution < -0.4 is 5.73 Å². The first-order chi connectivity index (χ1) is 9.74. The summed E-state index contributed by atoms with van der Waals surface area (Å²) in [4.78, 5) is 17.7. The third-order valence-electron chi connectivity index (χ3n) is 3.57. The van der Waals surface area contributed by atoms with Gasteiger partial charge in [-0.2, -0.15) is 5.10 Å². The van der Waals surface area contributed by atoms with Crippen molar-refractivity contribution < 1.29 is 4.79 Å². The zero-order valence-electron chi connectivity index (χ0n) is 11.1. The van der Waals surface area contributed by atoms with Crippen LogP contribution in [0.3, 0.4) is 0 Å².